The van der Waals surface area contributed by atoms with Crippen molar-refractivity contribution in [3.8, 4) is 0 Å². The van der Waals surface area contributed by atoms with Crippen LogP contribution in [0.2, 0.25) is 0 Å². The van der Waals surface area contributed by atoms with Crippen LogP contribution in [-0.4, -0.2) is 21.0 Å². The van der Waals surface area contributed by atoms with Crippen molar-refractivity contribution < 1.29 is 18.5 Å². The molecule has 1 rings (SSSR count). The summed E-state index contributed by atoms with van der Waals surface area (Å²) in [6, 6.07) is 3.46. The molecular formula is C9H9FO3S. The van der Waals surface area contributed by atoms with Crippen molar-refractivity contribution in [2.45, 2.75) is 11.8 Å². The average Bonchev–Trinajstić information content (AvgIpc) is 2.17. The first-order chi connectivity index (χ1) is 6.56. The molecule has 5 heteroatoms. The second-order valence-electron chi connectivity index (χ2n) is 2.58. The maximum atomic E-state index is 12.9. The number of carbonyl (C=O) groups is 1. The highest BCUT2D eigenvalue weighted by Crippen LogP contribution is 2.13. The zero-order valence-electron chi connectivity index (χ0n) is 7.49. The zero-order valence-corrected chi connectivity index (χ0v) is 8.31. The monoisotopic (exact) mass is 216 g/mol. The summed E-state index contributed by atoms with van der Waals surface area (Å²) < 4.78 is 24.2. The number of rotatable bonds is 3. The fourth-order valence-electron chi connectivity index (χ4n) is 0.977. The molecule has 0 radical (unpaired) electrons. The lowest BCUT2D eigenvalue weighted by molar-refractivity contribution is 0.0691. The van der Waals surface area contributed by atoms with E-state index in [1.54, 1.807) is 6.92 Å². The third-order valence-corrected chi connectivity index (χ3v) is 3.00. The van der Waals surface area contributed by atoms with Crippen LogP contribution < -0.4 is 0 Å². The Morgan fingerprint density at radius 2 is 2.21 bits per heavy atom. The van der Waals surface area contributed by atoms with Gasteiger partial charge in [0.1, 0.15) is 5.82 Å². The minimum atomic E-state index is -1.35. The fourth-order valence-corrected chi connectivity index (χ4v) is 1.78. The Hall–Kier alpha value is -1.23. The molecule has 1 unspecified atom stereocenters. The molecule has 0 aliphatic heterocycles. The molecule has 0 aliphatic carbocycles. The molecule has 76 valence electrons. The molecule has 1 aromatic rings. The summed E-state index contributed by atoms with van der Waals surface area (Å²) in [6.07, 6.45) is 0. The normalized spacial score (nSPS) is 12.4. The maximum absolute atomic E-state index is 12.9. The lowest BCUT2D eigenvalue weighted by Gasteiger charge is -2.01. The summed E-state index contributed by atoms with van der Waals surface area (Å²) >= 11 is 0. The van der Waals surface area contributed by atoms with E-state index >= 15 is 0 Å². The van der Waals surface area contributed by atoms with Crippen LogP contribution in [0.25, 0.3) is 0 Å². The molecule has 1 atom stereocenters. The van der Waals surface area contributed by atoms with E-state index in [1.165, 1.54) is 6.07 Å². The molecule has 0 fully saturated rings. The van der Waals surface area contributed by atoms with E-state index in [0.717, 1.165) is 12.1 Å². The van der Waals surface area contributed by atoms with Crippen LogP contribution in [0.15, 0.2) is 23.1 Å². The van der Waals surface area contributed by atoms with Crippen molar-refractivity contribution in [3.63, 3.8) is 0 Å². The van der Waals surface area contributed by atoms with Crippen LogP contribution in [0.5, 0.6) is 0 Å². The number of aromatic carboxylic acids is 1. The van der Waals surface area contributed by atoms with Crippen LogP contribution >= 0.6 is 0 Å². The van der Waals surface area contributed by atoms with E-state index in [-0.39, 0.29) is 0 Å². The highest BCUT2D eigenvalue weighted by Gasteiger charge is 2.12. The van der Waals surface area contributed by atoms with E-state index in [9.17, 15) is 13.4 Å². The predicted octanol–water partition coefficient (Wildman–Crippen LogP) is 1.65. The van der Waals surface area contributed by atoms with Gasteiger partial charge in [0.25, 0.3) is 0 Å². The van der Waals surface area contributed by atoms with Gasteiger partial charge in [-0.25, -0.2) is 9.18 Å². The number of hydrogen-bond acceptors (Lipinski definition) is 2. The first-order valence-electron chi connectivity index (χ1n) is 3.97. The standard InChI is InChI=1S/C9H9FO3S/c1-2-14(13)6-3-4-8(10)7(5-6)9(11)12/h3-5H,2H2,1H3,(H,11,12). The van der Waals surface area contributed by atoms with Gasteiger partial charge in [-0.05, 0) is 18.2 Å². The molecule has 0 spiro atoms. The van der Waals surface area contributed by atoms with E-state index in [0.29, 0.717) is 10.6 Å². The first kappa shape index (κ1) is 10.8. The van der Waals surface area contributed by atoms with E-state index in [1.807, 2.05) is 0 Å². The molecule has 0 heterocycles. The molecule has 0 saturated carbocycles. The van der Waals surface area contributed by atoms with Gasteiger partial charge in [-0.3, -0.25) is 4.21 Å². The molecule has 1 N–H and O–H groups in total. The molecular weight excluding hydrogens is 207 g/mol. The third kappa shape index (κ3) is 2.17. The zero-order chi connectivity index (χ0) is 10.7. The quantitative estimate of drug-likeness (QED) is 0.835. The van der Waals surface area contributed by atoms with E-state index in [4.69, 9.17) is 5.11 Å². The summed E-state index contributed by atoms with van der Waals surface area (Å²) in [4.78, 5) is 10.9. The largest absolute Gasteiger partial charge is 0.478 e. The lowest BCUT2D eigenvalue weighted by atomic mass is 10.2. The Kier molecular flexibility index (Phi) is 3.35. The Labute approximate surface area is 83.0 Å². The predicted molar refractivity (Wildman–Crippen MR) is 50.3 cm³/mol. The minimum Gasteiger partial charge on any atom is -0.478 e. The lowest BCUT2D eigenvalue weighted by Crippen LogP contribution is -2.03. The number of carboxylic acid groups (broad SMARTS) is 1. The molecule has 0 aromatic heterocycles. The van der Waals surface area contributed by atoms with E-state index in [2.05, 4.69) is 0 Å². The topological polar surface area (TPSA) is 54.4 Å². The summed E-state index contributed by atoms with van der Waals surface area (Å²) in [5.41, 5.74) is -0.440. The molecule has 0 saturated heterocycles. The van der Waals surface area contributed by atoms with Gasteiger partial charge in [0.05, 0.1) is 16.4 Å². The molecule has 0 amide bonds. The van der Waals surface area contributed by atoms with Crippen molar-refractivity contribution in [1.82, 2.24) is 0 Å². The van der Waals surface area contributed by atoms with Gasteiger partial charge in [0, 0.05) is 10.6 Å². The van der Waals surface area contributed by atoms with Crippen molar-refractivity contribution in [3.05, 3.63) is 29.6 Å². The van der Waals surface area contributed by atoms with Crippen LogP contribution in [0.4, 0.5) is 4.39 Å². The molecule has 0 aliphatic rings. The Morgan fingerprint density at radius 1 is 1.57 bits per heavy atom. The van der Waals surface area contributed by atoms with Crippen molar-refractivity contribution in [1.29, 1.82) is 0 Å². The van der Waals surface area contributed by atoms with Crippen molar-refractivity contribution in [2.75, 3.05) is 5.75 Å². The van der Waals surface area contributed by atoms with Gasteiger partial charge >= 0.3 is 5.97 Å². The van der Waals surface area contributed by atoms with Crippen LogP contribution in [-0.2, 0) is 10.8 Å². The Morgan fingerprint density at radius 3 is 2.71 bits per heavy atom. The van der Waals surface area contributed by atoms with Crippen LogP contribution in [0.3, 0.4) is 0 Å². The average molecular weight is 216 g/mol. The highest BCUT2D eigenvalue weighted by molar-refractivity contribution is 7.85. The smallest absolute Gasteiger partial charge is 0.338 e. The van der Waals surface area contributed by atoms with Gasteiger partial charge in [0.2, 0.25) is 0 Å². The third-order valence-electron chi connectivity index (χ3n) is 1.69. The Balaban J connectivity index is 3.19. The number of hydrogen-bond donors (Lipinski definition) is 1. The molecule has 1 aromatic carbocycles. The van der Waals surface area contributed by atoms with Crippen molar-refractivity contribution >= 4 is 16.8 Å². The van der Waals surface area contributed by atoms with Gasteiger partial charge in [-0.15, -0.1) is 0 Å². The van der Waals surface area contributed by atoms with Crippen molar-refractivity contribution in [2.24, 2.45) is 0 Å². The summed E-state index contributed by atoms with van der Waals surface area (Å²) in [6.45, 7) is 1.71. The Bertz CT molecular complexity index is 390. The van der Waals surface area contributed by atoms with Crippen LogP contribution in [0.1, 0.15) is 17.3 Å². The number of carboxylic acids is 1. The molecule has 0 bridgehead atoms. The summed E-state index contributed by atoms with van der Waals surface area (Å²) in [5, 5.41) is 8.61. The maximum Gasteiger partial charge on any atom is 0.338 e. The number of benzene rings is 1. The van der Waals surface area contributed by atoms with Gasteiger partial charge in [0.15, 0.2) is 0 Å². The molecule has 14 heavy (non-hydrogen) atoms. The minimum absolute atomic E-state index is 0.339. The summed E-state index contributed by atoms with van der Waals surface area (Å²) in [5.74, 6) is -1.78. The van der Waals surface area contributed by atoms with Gasteiger partial charge < -0.3 is 5.11 Å². The fraction of sp³-hybridized carbons (Fsp3) is 0.222. The van der Waals surface area contributed by atoms with Gasteiger partial charge in [-0.2, -0.15) is 0 Å². The SMILES string of the molecule is CCS(=O)c1ccc(F)c(C(=O)O)c1. The summed E-state index contributed by atoms with van der Waals surface area (Å²) in [7, 11) is -1.26. The second kappa shape index (κ2) is 4.32. The second-order valence-corrected chi connectivity index (χ2v) is 4.32. The van der Waals surface area contributed by atoms with Gasteiger partial charge in [-0.1, -0.05) is 6.92 Å². The first-order valence-corrected chi connectivity index (χ1v) is 5.29. The number of halogens is 1. The highest BCUT2D eigenvalue weighted by atomic mass is 32.2. The molecule has 3 nitrogen and oxygen atoms in total. The van der Waals surface area contributed by atoms with E-state index < -0.39 is 28.1 Å². The van der Waals surface area contributed by atoms with Crippen LogP contribution in [0, 0.1) is 5.82 Å².